The van der Waals surface area contributed by atoms with Gasteiger partial charge >= 0.3 is 6.36 Å². The van der Waals surface area contributed by atoms with Gasteiger partial charge in [0.1, 0.15) is 24.1 Å². The standard InChI is InChI=1S/C25H20F3N3O6/c26-25(27,28)37-17-4-6-19-15(9-17)8-16(12-36-19)22(33)29-10-13-2-1-3-14-11-31(24(35)21(13)14)18-5-7-20(32)30-23(18)34/h1-4,6,8-9,18H,5,7,10-12H2,(H,29,33)(H,30,32,34). The average Bonchev–Trinajstić information content (AvgIpc) is 3.17. The van der Waals surface area contributed by atoms with Crippen molar-refractivity contribution in [3.63, 3.8) is 0 Å². The zero-order valence-electron chi connectivity index (χ0n) is 19.2. The number of piperidine rings is 1. The first-order valence-electron chi connectivity index (χ1n) is 11.4. The molecule has 2 aromatic carbocycles. The van der Waals surface area contributed by atoms with Crippen LogP contribution in [0.25, 0.3) is 6.08 Å². The first-order valence-corrected chi connectivity index (χ1v) is 11.4. The second-order valence-electron chi connectivity index (χ2n) is 8.74. The summed E-state index contributed by atoms with van der Waals surface area (Å²) in [6.07, 6.45) is -3.05. The van der Waals surface area contributed by atoms with Crippen molar-refractivity contribution in [2.24, 2.45) is 0 Å². The van der Waals surface area contributed by atoms with Crippen LogP contribution in [0.1, 0.15) is 39.9 Å². The minimum absolute atomic E-state index is 0.00163. The highest BCUT2D eigenvalue weighted by Crippen LogP contribution is 2.33. The summed E-state index contributed by atoms with van der Waals surface area (Å²) < 4.78 is 47.0. The molecule has 2 N–H and O–H groups in total. The van der Waals surface area contributed by atoms with Crippen molar-refractivity contribution in [2.75, 3.05) is 6.61 Å². The smallest absolute Gasteiger partial charge is 0.488 e. The van der Waals surface area contributed by atoms with E-state index in [1.807, 2.05) is 0 Å². The molecule has 192 valence electrons. The number of carbonyl (C=O) groups excluding carboxylic acids is 4. The van der Waals surface area contributed by atoms with Gasteiger partial charge in [0.2, 0.25) is 11.8 Å². The monoisotopic (exact) mass is 515 g/mol. The third kappa shape index (κ3) is 4.99. The van der Waals surface area contributed by atoms with E-state index in [9.17, 15) is 32.3 Å². The minimum atomic E-state index is -4.85. The number of carbonyl (C=O) groups is 4. The first-order chi connectivity index (χ1) is 17.6. The predicted octanol–water partition coefficient (Wildman–Crippen LogP) is 2.44. The molecular weight excluding hydrogens is 495 g/mol. The predicted molar refractivity (Wildman–Crippen MR) is 121 cm³/mol. The van der Waals surface area contributed by atoms with Gasteiger partial charge in [0.25, 0.3) is 11.8 Å². The summed E-state index contributed by atoms with van der Waals surface area (Å²) in [4.78, 5) is 51.2. The molecule has 5 rings (SSSR count). The summed E-state index contributed by atoms with van der Waals surface area (Å²) in [5, 5.41) is 4.97. The van der Waals surface area contributed by atoms with Gasteiger partial charge in [0.15, 0.2) is 0 Å². The van der Waals surface area contributed by atoms with E-state index in [0.29, 0.717) is 22.4 Å². The van der Waals surface area contributed by atoms with Crippen molar-refractivity contribution in [1.82, 2.24) is 15.5 Å². The molecular formula is C25H20F3N3O6. The molecule has 3 aliphatic heterocycles. The van der Waals surface area contributed by atoms with Gasteiger partial charge in [-0.1, -0.05) is 18.2 Å². The number of nitrogens with one attached hydrogen (secondary N) is 2. The lowest BCUT2D eigenvalue weighted by molar-refractivity contribution is -0.274. The normalized spacial score (nSPS) is 18.9. The van der Waals surface area contributed by atoms with Gasteiger partial charge in [0.05, 0.1) is 5.57 Å². The van der Waals surface area contributed by atoms with E-state index < -0.39 is 30.0 Å². The van der Waals surface area contributed by atoms with Gasteiger partial charge in [0, 0.05) is 30.6 Å². The van der Waals surface area contributed by atoms with Crippen molar-refractivity contribution in [1.29, 1.82) is 0 Å². The van der Waals surface area contributed by atoms with Crippen molar-refractivity contribution < 1.29 is 41.8 Å². The van der Waals surface area contributed by atoms with Gasteiger partial charge in [-0.15, -0.1) is 13.2 Å². The SMILES string of the molecule is O=C1CCC(N2Cc3cccc(CNC(=O)C4=Cc5cc(OC(F)(F)F)ccc5OC4)c3C2=O)C(=O)N1. The van der Waals surface area contributed by atoms with Crippen LogP contribution in [0.15, 0.2) is 42.0 Å². The van der Waals surface area contributed by atoms with Crippen LogP contribution in [0.3, 0.4) is 0 Å². The van der Waals surface area contributed by atoms with Crippen molar-refractivity contribution in [2.45, 2.75) is 38.3 Å². The fraction of sp³-hybridized carbons (Fsp3) is 0.280. The van der Waals surface area contributed by atoms with Crippen LogP contribution in [0.5, 0.6) is 11.5 Å². The highest BCUT2D eigenvalue weighted by atomic mass is 19.4. The van der Waals surface area contributed by atoms with Gasteiger partial charge in [-0.2, -0.15) is 0 Å². The summed E-state index contributed by atoms with van der Waals surface area (Å²) in [5.41, 5.74) is 2.08. The van der Waals surface area contributed by atoms with E-state index in [4.69, 9.17) is 4.74 Å². The molecule has 1 fully saturated rings. The highest BCUT2D eigenvalue weighted by Gasteiger charge is 2.40. The average molecular weight is 515 g/mol. The Labute approximate surface area is 208 Å². The molecule has 37 heavy (non-hydrogen) atoms. The second kappa shape index (κ2) is 9.26. The third-order valence-corrected chi connectivity index (χ3v) is 6.30. The number of amides is 4. The van der Waals surface area contributed by atoms with Crippen LogP contribution in [0.4, 0.5) is 13.2 Å². The highest BCUT2D eigenvalue weighted by molar-refractivity contribution is 6.06. The fourth-order valence-corrected chi connectivity index (χ4v) is 4.61. The Kier molecular flexibility index (Phi) is 6.10. The molecule has 0 bridgehead atoms. The van der Waals surface area contributed by atoms with Gasteiger partial charge in [-0.3, -0.25) is 24.5 Å². The molecule has 2 aromatic rings. The van der Waals surface area contributed by atoms with Gasteiger partial charge in [-0.25, -0.2) is 0 Å². The molecule has 1 saturated heterocycles. The summed E-state index contributed by atoms with van der Waals surface area (Å²) >= 11 is 0. The molecule has 9 nitrogen and oxygen atoms in total. The lowest BCUT2D eigenvalue weighted by Crippen LogP contribution is -2.52. The third-order valence-electron chi connectivity index (χ3n) is 6.30. The Morgan fingerprint density at radius 3 is 2.76 bits per heavy atom. The molecule has 0 saturated carbocycles. The van der Waals surface area contributed by atoms with E-state index in [-0.39, 0.29) is 55.5 Å². The number of fused-ring (bicyclic) bond motifs is 2. The number of ether oxygens (including phenoxy) is 2. The molecule has 12 heteroatoms. The molecule has 3 aliphatic rings. The maximum absolute atomic E-state index is 13.2. The molecule has 0 aromatic heterocycles. The van der Waals surface area contributed by atoms with Crippen LogP contribution < -0.4 is 20.1 Å². The van der Waals surface area contributed by atoms with Crippen LogP contribution in [0, 0.1) is 0 Å². The van der Waals surface area contributed by atoms with Crippen LogP contribution in [-0.4, -0.2) is 47.5 Å². The van der Waals surface area contributed by atoms with E-state index >= 15 is 0 Å². The topological polar surface area (TPSA) is 114 Å². The van der Waals surface area contributed by atoms with Gasteiger partial charge in [-0.05, 0) is 41.8 Å². The van der Waals surface area contributed by atoms with Crippen molar-refractivity contribution >= 4 is 29.7 Å². The minimum Gasteiger partial charge on any atom is -0.488 e. The zero-order chi connectivity index (χ0) is 26.3. The molecule has 3 heterocycles. The van der Waals surface area contributed by atoms with E-state index in [2.05, 4.69) is 15.4 Å². The molecule has 4 amide bonds. The number of nitrogens with zero attached hydrogens (tertiary/aromatic N) is 1. The fourth-order valence-electron chi connectivity index (χ4n) is 4.61. The Morgan fingerprint density at radius 2 is 2.00 bits per heavy atom. The van der Waals surface area contributed by atoms with Crippen LogP contribution in [0.2, 0.25) is 0 Å². The van der Waals surface area contributed by atoms with E-state index in [1.165, 1.54) is 17.0 Å². The first kappa shape index (κ1) is 24.3. The number of rotatable bonds is 5. The second-order valence-corrected chi connectivity index (χ2v) is 8.74. The summed E-state index contributed by atoms with van der Waals surface area (Å²) in [5.74, 6) is -1.89. The Morgan fingerprint density at radius 1 is 1.19 bits per heavy atom. The summed E-state index contributed by atoms with van der Waals surface area (Å²) in [6.45, 7) is 0.117. The molecule has 0 radical (unpaired) electrons. The zero-order valence-corrected chi connectivity index (χ0v) is 19.2. The number of hydrogen-bond donors (Lipinski definition) is 2. The number of alkyl halides is 3. The number of hydrogen-bond acceptors (Lipinski definition) is 6. The Hall–Kier alpha value is -4.35. The molecule has 1 unspecified atom stereocenters. The van der Waals surface area contributed by atoms with Gasteiger partial charge < -0.3 is 19.7 Å². The number of halogens is 3. The Balaban J connectivity index is 1.29. The maximum Gasteiger partial charge on any atom is 0.573 e. The molecule has 0 aliphatic carbocycles. The largest absolute Gasteiger partial charge is 0.573 e. The van der Waals surface area contributed by atoms with Crippen LogP contribution in [-0.2, 0) is 27.5 Å². The van der Waals surface area contributed by atoms with E-state index in [1.54, 1.807) is 18.2 Å². The lowest BCUT2D eigenvalue weighted by atomic mass is 10.0. The number of benzene rings is 2. The quantitative estimate of drug-likeness (QED) is 0.592. The molecule has 0 spiro atoms. The van der Waals surface area contributed by atoms with Crippen molar-refractivity contribution in [3.05, 3.63) is 64.2 Å². The van der Waals surface area contributed by atoms with Crippen molar-refractivity contribution in [3.8, 4) is 11.5 Å². The number of imide groups is 1. The molecule has 1 atom stereocenters. The van der Waals surface area contributed by atoms with Crippen LogP contribution >= 0.6 is 0 Å². The van der Waals surface area contributed by atoms with E-state index in [0.717, 1.165) is 12.1 Å². The summed E-state index contributed by atoms with van der Waals surface area (Å²) in [6, 6.07) is 8.01. The lowest BCUT2D eigenvalue weighted by Gasteiger charge is -2.29. The maximum atomic E-state index is 13.2. The Bertz CT molecular complexity index is 1350. The summed E-state index contributed by atoms with van der Waals surface area (Å²) in [7, 11) is 0.